The highest BCUT2D eigenvalue weighted by Gasteiger charge is 1.98. The van der Waals surface area contributed by atoms with Crippen molar-refractivity contribution >= 4 is 43.5 Å². The molecule has 0 heterocycles. The van der Waals surface area contributed by atoms with Crippen LogP contribution >= 0.6 is 43.5 Å². The molecule has 0 fully saturated rings. The van der Waals surface area contributed by atoms with E-state index in [4.69, 9.17) is 11.6 Å². The highest BCUT2D eigenvalue weighted by atomic mass is 79.9. The van der Waals surface area contributed by atoms with Crippen LogP contribution in [0.3, 0.4) is 0 Å². The Balaban J connectivity index is 2.99. The van der Waals surface area contributed by atoms with Gasteiger partial charge in [0, 0.05) is 15.7 Å². The summed E-state index contributed by atoms with van der Waals surface area (Å²) in [5.74, 6) is 0.559. The summed E-state index contributed by atoms with van der Waals surface area (Å²) in [4.78, 5) is 0. The lowest BCUT2D eigenvalue weighted by molar-refractivity contribution is 1.32. The van der Waals surface area contributed by atoms with Gasteiger partial charge in [-0.3, -0.25) is 0 Å². The smallest absolute Gasteiger partial charge is 0.0485 e. The zero-order valence-electron chi connectivity index (χ0n) is 5.78. The van der Waals surface area contributed by atoms with Crippen molar-refractivity contribution in [2.24, 2.45) is 0 Å². The molecule has 0 unspecified atom stereocenters. The van der Waals surface area contributed by atoms with E-state index < -0.39 is 0 Å². The van der Waals surface area contributed by atoms with Crippen LogP contribution in [0, 0.1) is 0 Å². The molecule has 0 aliphatic heterocycles. The molecule has 3 heteroatoms. The zero-order valence-corrected chi connectivity index (χ0v) is 9.71. The van der Waals surface area contributed by atoms with E-state index in [1.807, 2.05) is 6.07 Å². The van der Waals surface area contributed by atoms with Gasteiger partial charge in [0.2, 0.25) is 0 Å². The largest absolute Gasteiger partial charge is 0.122 e. The van der Waals surface area contributed by atoms with Crippen molar-refractivity contribution in [1.29, 1.82) is 0 Å². The van der Waals surface area contributed by atoms with Crippen LogP contribution in [0.5, 0.6) is 0 Å². The van der Waals surface area contributed by atoms with Gasteiger partial charge in [-0.1, -0.05) is 44.0 Å². The number of benzene rings is 1. The first-order valence-electron chi connectivity index (χ1n) is 3.17. The van der Waals surface area contributed by atoms with Gasteiger partial charge in [-0.05, 0) is 17.2 Å². The average Bonchev–Trinajstić information content (AvgIpc) is 2.04. The van der Waals surface area contributed by atoms with E-state index in [2.05, 4.69) is 44.0 Å². The molecule has 1 aromatic carbocycles. The Morgan fingerprint density at radius 1 is 1.36 bits per heavy atom. The van der Waals surface area contributed by atoms with Crippen molar-refractivity contribution in [2.45, 2.75) is 11.2 Å². The molecule has 0 N–H and O–H groups in total. The molecule has 60 valence electrons. The Kier molecular flexibility index (Phi) is 3.90. The first-order valence-corrected chi connectivity index (χ1v) is 5.62. The van der Waals surface area contributed by atoms with Gasteiger partial charge < -0.3 is 0 Å². The predicted octanol–water partition coefficient (Wildman–Crippen LogP) is 4.08. The fraction of sp³-hybridized carbons (Fsp3) is 0.250. The first kappa shape index (κ1) is 9.56. The third-order valence-corrected chi connectivity index (χ3v) is 3.09. The quantitative estimate of drug-likeness (QED) is 0.722. The number of rotatable bonds is 2. The second kappa shape index (κ2) is 4.48. The summed E-state index contributed by atoms with van der Waals surface area (Å²) < 4.78 is 1.09. The number of alkyl halides is 2. The molecule has 0 atom stereocenters. The maximum Gasteiger partial charge on any atom is 0.0485 e. The first-order chi connectivity index (χ1) is 5.27. The molecule has 0 radical (unpaired) electrons. The van der Waals surface area contributed by atoms with Crippen LogP contribution in [0.1, 0.15) is 11.1 Å². The van der Waals surface area contributed by atoms with E-state index in [0.29, 0.717) is 5.88 Å². The summed E-state index contributed by atoms with van der Waals surface area (Å²) >= 11 is 12.5. The van der Waals surface area contributed by atoms with Crippen molar-refractivity contribution < 1.29 is 0 Å². The van der Waals surface area contributed by atoms with E-state index >= 15 is 0 Å². The lowest BCUT2D eigenvalue weighted by atomic mass is 10.2. The second-order valence-electron chi connectivity index (χ2n) is 2.19. The molecule has 0 saturated carbocycles. The summed E-state index contributed by atoms with van der Waals surface area (Å²) in [6.07, 6.45) is 0. The van der Waals surface area contributed by atoms with Gasteiger partial charge >= 0.3 is 0 Å². The van der Waals surface area contributed by atoms with E-state index in [1.54, 1.807) is 0 Å². The van der Waals surface area contributed by atoms with Gasteiger partial charge in [-0.2, -0.15) is 0 Å². The fourth-order valence-corrected chi connectivity index (χ4v) is 2.09. The van der Waals surface area contributed by atoms with E-state index in [1.165, 1.54) is 5.56 Å². The molecule has 11 heavy (non-hydrogen) atoms. The Hall–Kier alpha value is 0.470. The summed E-state index contributed by atoms with van der Waals surface area (Å²) in [6, 6.07) is 6.18. The highest BCUT2D eigenvalue weighted by molar-refractivity contribution is 9.10. The monoisotopic (exact) mass is 296 g/mol. The summed E-state index contributed by atoms with van der Waals surface area (Å²) in [6.45, 7) is 0. The lowest BCUT2D eigenvalue weighted by Gasteiger charge is -2.01. The van der Waals surface area contributed by atoms with Crippen LogP contribution in [0.15, 0.2) is 22.7 Å². The summed E-state index contributed by atoms with van der Waals surface area (Å²) in [5.41, 5.74) is 2.39. The van der Waals surface area contributed by atoms with Crippen LogP contribution in [0.2, 0.25) is 0 Å². The number of hydrogen-bond donors (Lipinski definition) is 0. The van der Waals surface area contributed by atoms with Crippen LogP contribution in [-0.2, 0) is 11.2 Å². The van der Waals surface area contributed by atoms with Gasteiger partial charge in [0.25, 0.3) is 0 Å². The Bertz CT molecular complexity index is 248. The fourth-order valence-electron chi connectivity index (χ4n) is 0.782. The van der Waals surface area contributed by atoms with Gasteiger partial charge in [0.1, 0.15) is 0 Å². The van der Waals surface area contributed by atoms with Gasteiger partial charge in [0.05, 0.1) is 0 Å². The zero-order chi connectivity index (χ0) is 8.27. The van der Waals surface area contributed by atoms with Gasteiger partial charge in [0.15, 0.2) is 0 Å². The lowest BCUT2D eigenvalue weighted by Crippen LogP contribution is -1.83. The maximum atomic E-state index is 5.69. The molecule has 0 nitrogen and oxygen atoms in total. The summed E-state index contributed by atoms with van der Waals surface area (Å²) in [7, 11) is 0. The van der Waals surface area contributed by atoms with Crippen LogP contribution in [0.4, 0.5) is 0 Å². The molecule has 0 spiro atoms. The molecule has 0 aliphatic rings. The van der Waals surface area contributed by atoms with Crippen molar-refractivity contribution in [3.8, 4) is 0 Å². The average molecular weight is 298 g/mol. The highest BCUT2D eigenvalue weighted by Crippen LogP contribution is 2.21. The Labute approximate surface area is 88.2 Å². The van der Waals surface area contributed by atoms with Gasteiger partial charge in [-0.15, -0.1) is 11.6 Å². The minimum atomic E-state index is 0.559. The third-order valence-electron chi connectivity index (χ3n) is 1.42. The Morgan fingerprint density at radius 2 is 2.09 bits per heavy atom. The van der Waals surface area contributed by atoms with Crippen molar-refractivity contribution in [3.05, 3.63) is 33.8 Å². The van der Waals surface area contributed by atoms with Crippen LogP contribution in [0.25, 0.3) is 0 Å². The minimum Gasteiger partial charge on any atom is -0.122 e. The topological polar surface area (TPSA) is 0 Å². The molecule has 0 saturated heterocycles. The maximum absolute atomic E-state index is 5.69. The summed E-state index contributed by atoms with van der Waals surface area (Å²) in [5, 5.41) is 0.883. The van der Waals surface area contributed by atoms with E-state index in [-0.39, 0.29) is 0 Å². The standard InChI is InChI=1S/C8H7Br2Cl/c9-4-6-1-2-7(5-11)8(10)3-6/h1-3H,4-5H2. The molecular weight excluding hydrogens is 291 g/mol. The molecule has 0 aromatic heterocycles. The number of hydrogen-bond acceptors (Lipinski definition) is 0. The minimum absolute atomic E-state index is 0.559. The van der Waals surface area contributed by atoms with Crippen LogP contribution in [-0.4, -0.2) is 0 Å². The van der Waals surface area contributed by atoms with Crippen molar-refractivity contribution in [2.75, 3.05) is 0 Å². The predicted molar refractivity (Wildman–Crippen MR) is 56.3 cm³/mol. The molecule has 0 bridgehead atoms. The van der Waals surface area contributed by atoms with Crippen LogP contribution < -0.4 is 0 Å². The molecule has 0 aliphatic carbocycles. The molecule has 1 rings (SSSR count). The van der Waals surface area contributed by atoms with E-state index in [0.717, 1.165) is 15.4 Å². The van der Waals surface area contributed by atoms with Crippen molar-refractivity contribution in [1.82, 2.24) is 0 Å². The van der Waals surface area contributed by atoms with E-state index in [9.17, 15) is 0 Å². The molecule has 1 aromatic rings. The SMILES string of the molecule is ClCc1ccc(CBr)cc1Br. The third kappa shape index (κ3) is 2.46. The Morgan fingerprint density at radius 3 is 2.55 bits per heavy atom. The van der Waals surface area contributed by atoms with Gasteiger partial charge in [-0.25, -0.2) is 0 Å². The molecular formula is C8H7Br2Cl. The second-order valence-corrected chi connectivity index (χ2v) is 3.88. The van der Waals surface area contributed by atoms with Crippen molar-refractivity contribution in [3.63, 3.8) is 0 Å². The number of halogens is 3. The molecule has 0 amide bonds. The normalized spacial score (nSPS) is 10.1.